The lowest BCUT2D eigenvalue weighted by Gasteiger charge is -2.34. The van der Waals surface area contributed by atoms with Crippen LogP contribution in [0.3, 0.4) is 0 Å². The number of aromatic nitrogens is 3. The van der Waals surface area contributed by atoms with Crippen LogP contribution in [0.2, 0.25) is 0 Å². The van der Waals surface area contributed by atoms with E-state index < -0.39 is 0 Å². The van der Waals surface area contributed by atoms with E-state index in [4.69, 9.17) is 0 Å². The van der Waals surface area contributed by atoms with E-state index in [9.17, 15) is 4.79 Å². The summed E-state index contributed by atoms with van der Waals surface area (Å²) < 4.78 is 4.24. The van der Waals surface area contributed by atoms with Gasteiger partial charge in [-0.2, -0.15) is 0 Å². The number of hydrogen-bond donors (Lipinski definition) is 0. The number of thioether (sulfide) groups is 1. The Balaban J connectivity index is 1.22. The molecule has 1 saturated heterocycles. The van der Waals surface area contributed by atoms with Crippen molar-refractivity contribution in [2.75, 3.05) is 38.5 Å². The first kappa shape index (κ1) is 17.5. The number of hydrogen-bond acceptors (Lipinski definition) is 6. The topological polar surface area (TPSA) is 54.3 Å². The molecule has 8 heteroatoms. The van der Waals surface area contributed by atoms with Crippen molar-refractivity contribution in [3.05, 3.63) is 43.0 Å². The molecule has 0 saturated carbocycles. The number of benzene rings is 1. The number of para-hydroxylation sites is 1. The molecule has 0 unspecified atom stereocenters. The first-order valence-electron chi connectivity index (χ1n) is 8.72. The summed E-state index contributed by atoms with van der Waals surface area (Å²) in [7, 11) is 0. The van der Waals surface area contributed by atoms with Gasteiger partial charge >= 0.3 is 0 Å². The minimum atomic E-state index is 0.212. The molecule has 1 aliphatic rings. The van der Waals surface area contributed by atoms with Gasteiger partial charge in [0.25, 0.3) is 0 Å². The summed E-state index contributed by atoms with van der Waals surface area (Å²) in [5, 5.41) is 0. The fourth-order valence-electron chi connectivity index (χ4n) is 3.02. The van der Waals surface area contributed by atoms with E-state index in [1.807, 2.05) is 35.6 Å². The molecule has 0 aliphatic carbocycles. The van der Waals surface area contributed by atoms with E-state index >= 15 is 0 Å². The first-order valence-corrected chi connectivity index (χ1v) is 10.5. The second kappa shape index (κ2) is 8.20. The zero-order valence-corrected chi connectivity index (χ0v) is 16.1. The van der Waals surface area contributed by atoms with Crippen LogP contribution in [0.5, 0.6) is 0 Å². The summed E-state index contributed by atoms with van der Waals surface area (Å²) in [6.45, 7) is 5.44. The molecule has 6 nitrogen and oxygen atoms in total. The molecular weight excluding hydrogens is 366 g/mol. The van der Waals surface area contributed by atoms with Gasteiger partial charge in [0.2, 0.25) is 5.91 Å². The lowest BCUT2D eigenvalue weighted by molar-refractivity contribution is -0.130. The maximum atomic E-state index is 12.5. The number of nitrogens with zero attached hydrogens (tertiary/aromatic N) is 5. The highest BCUT2D eigenvalue weighted by Crippen LogP contribution is 2.29. The Morgan fingerprint density at radius 3 is 2.77 bits per heavy atom. The fraction of sp³-hybridized carbons (Fsp3) is 0.389. The van der Waals surface area contributed by atoms with E-state index in [0.29, 0.717) is 5.75 Å². The van der Waals surface area contributed by atoms with Crippen LogP contribution in [0, 0.1) is 0 Å². The summed E-state index contributed by atoms with van der Waals surface area (Å²) in [6.07, 6.45) is 5.64. The van der Waals surface area contributed by atoms with Crippen LogP contribution in [0.15, 0.2) is 47.3 Å². The van der Waals surface area contributed by atoms with Crippen molar-refractivity contribution in [3.63, 3.8) is 0 Å². The third kappa shape index (κ3) is 4.25. The predicted molar refractivity (Wildman–Crippen MR) is 106 cm³/mol. The molecule has 1 aromatic carbocycles. The van der Waals surface area contributed by atoms with Crippen molar-refractivity contribution < 1.29 is 4.79 Å². The average molecular weight is 388 g/mol. The van der Waals surface area contributed by atoms with Crippen LogP contribution in [0.25, 0.3) is 10.2 Å². The minimum Gasteiger partial charge on any atom is -0.339 e. The van der Waals surface area contributed by atoms with Gasteiger partial charge in [-0.25, -0.2) is 9.97 Å². The molecule has 1 fully saturated rings. The van der Waals surface area contributed by atoms with Crippen molar-refractivity contribution in [2.24, 2.45) is 0 Å². The lowest BCUT2D eigenvalue weighted by Crippen LogP contribution is -2.49. The number of carbonyl (C=O) groups is 1. The van der Waals surface area contributed by atoms with Crippen molar-refractivity contribution in [1.82, 2.24) is 24.3 Å². The zero-order chi connectivity index (χ0) is 17.8. The fourth-order valence-corrected chi connectivity index (χ4v) is 5.00. The number of imidazole rings is 1. The molecule has 3 aromatic rings. The summed E-state index contributed by atoms with van der Waals surface area (Å²) in [5.41, 5.74) is 1.01. The predicted octanol–water partition coefficient (Wildman–Crippen LogP) is 2.43. The molecule has 1 amide bonds. The Hall–Kier alpha value is -1.90. The lowest BCUT2D eigenvalue weighted by atomic mass is 10.3. The van der Waals surface area contributed by atoms with Crippen LogP contribution < -0.4 is 0 Å². The van der Waals surface area contributed by atoms with Crippen molar-refractivity contribution in [2.45, 2.75) is 10.9 Å². The van der Waals surface area contributed by atoms with Gasteiger partial charge < -0.3 is 9.47 Å². The molecule has 0 bridgehead atoms. The van der Waals surface area contributed by atoms with Gasteiger partial charge in [-0.1, -0.05) is 23.9 Å². The summed E-state index contributed by atoms with van der Waals surface area (Å²) in [5.74, 6) is 0.679. The molecule has 0 atom stereocenters. The van der Waals surface area contributed by atoms with E-state index in [-0.39, 0.29) is 5.91 Å². The van der Waals surface area contributed by atoms with E-state index in [1.165, 1.54) is 4.70 Å². The third-order valence-electron chi connectivity index (χ3n) is 4.55. The average Bonchev–Trinajstić information content (AvgIpc) is 3.34. The molecule has 26 heavy (non-hydrogen) atoms. The number of amides is 1. The second-order valence-electron chi connectivity index (χ2n) is 6.26. The second-order valence-corrected chi connectivity index (χ2v) is 8.51. The Kier molecular flexibility index (Phi) is 5.52. The van der Waals surface area contributed by atoms with Gasteiger partial charge in [0, 0.05) is 51.7 Å². The molecule has 3 heterocycles. The number of fused-ring (bicyclic) bond motifs is 1. The van der Waals surface area contributed by atoms with Crippen LogP contribution in [-0.2, 0) is 11.3 Å². The molecule has 4 rings (SSSR count). The van der Waals surface area contributed by atoms with E-state index in [2.05, 4.69) is 25.5 Å². The largest absolute Gasteiger partial charge is 0.339 e. The molecule has 136 valence electrons. The number of thiazole rings is 1. The molecule has 0 spiro atoms. The van der Waals surface area contributed by atoms with Crippen molar-refractivity contribution in [3.8, 4) is 0 Å². The summed E-state index contributed by atoms with van der Waals surface area (Å²) in [4.78, 5) is 25.5. The number of carbonyl (C=O) groups excluding carboxylic acids is 1. The first-order chi connectivity index (χ1) is 12.8. The van der Waals surface area contributed by atoms with Gasteiger partial charge in [-0.3, -0.25) is 9.69 Å². The standard InChI is InChI=1S/C18H21N5OS2/c24-17(13-25-18-20-15-3-1-2-4-16(15)26-18)23-11-9-21(10-12-23)7-8-22-6-5-19-14-22/h1-6,14H,7-13H2. The highest BCUT2D eigenvalue weighted by molar-refractivity contribution is 8.01. The Bertz CT molecular complexity index is 822. The van der Waals surface area contributed by atoms with Crippen LogP contribution in [-0.4, -0.2) is 68.7 Å². The molecule has 0 radical (unpaired) electrons. The van der Waals surface area contributed by atoms with E-state index in [1.54, 1.807) is 29.3 Å². The Morgan fingerprint density at radius 2 is 2.00 bits per heavy atom. The monoisotopic (exact) mass is 387 g/mol. The van der Waals surface area contributed by atoms with Crippen molar-refractivity contribution in [1.29, 1.82) is 0 Å². The van der Waals surface area contributed by atoms with Crippen LogP contribution >= 0.6 is 23.1 Å². The van der Waals surface area contributed by atoms with E-state index in [0.717, 1.165) is 49.1 Å². The van der Waals surface area contributed by atoms with Crippen LogP contribution in [0.1, 0.15) is 0 Å². The Labute approximate surface area is 160 Å². The summed E-state index contributed by atoms with van der Waals surface area (Å²) in [6, 6.07) is 8.10. The van der Waals surface area contributed by atoms with Gasteiger partial charge in [-0.15, -0.1) is 11.3 Å². The maximum Gasteiger partial charge on any atom is 0.233 e. The highest BCUT2D eigenvalue weighted by atomic mass is 32.2. The summed E-state index contributed by atoms with van der Waals surface area (Å²) >= 11 is 3.21. The molecular formula is C18H21N5OS2. The van der Waals surface area contributed by atoms with Gasteiger partial charge in [0.05, 0.1) is 22.3 Å². The third-order valence-corrected chi connectivity index (χ3v) is 6.72. The van der Waals surface area contributed by atoms with Crippen molar-refractivity contribution >= 4 is 39.2 Å². The van der Waals surface area contributed by atoms with Gasteiger partial charge in [0.15, 0.2) is 4.34 Å². The number of piperazine rings is 1. The maximum absolute atomic E-state index is 12.5. The molecule has 2 aromatic heterocycles. The number of rotatable bonds is 6. The quantitative estimate of drug-likeness (QED) is 0.608. The Morgan fingerprint density at radius 1 is 1.15 bits per heavy atom. The smallest absolute Gasteiger partial charge is 0.233 e. The SMILES string of the molecule is O=C(CSc1nc2ccccc2s1)N1CCN(CCn2ccnc2)CC1. The zero-order valence-electron chi connectivity index (χ0n) is 14.5. The normalized spacial score (nSPS) is 15.6. The molecule has 0 N–H and O–H groups in total. The van der Waals surface area contributed by atoms with Gasteiger partial charge in [0.1, 0.15) is 0 Å². The van der Waals surface area contributed by atoms with Crippen LogP contribution in [0.4, 0.5) is 0 Å². The molecule has 1 aliphatic heterocycles. The highest BCUT2D eigenvalue weighted by Gasteiger charge is 2.21. The minimum absolute atomic E-state index is 0.212. The van der Waals surface area contributed by atoms with Gasteiger partial charge in [-0.05, 0) is 12.1 Å².